The van der Waals surface area contributed by atoms with Crippen LogP contribution in [0.1, 0.15) is 15.9 Å². The minimum atomic E-state index is -0.673. The Bertz CT molecular complexity index is 1370. The molecule has 7 nitrogen and oxygen atoms in total. The summed E-state index contributed by atoms with van der Waals surface area (Å²) in [5.74, 6) is -0.835. The highest BCUT2D eigenvalue weighted by Crippen LogP contribution is 2.16. The maximum Gasteiger partial charge on any atom is 0.333 e. The number of fused-ring (bicyclic) bond motifs is 1. The predicted molar refractivity (Wildman–Crippen MR) is 112 cm³/mol. The van der Waals surface area contributed by atoms with Gasteiger partial charge in [-0.2, -0.15) is 0 Å². The molecule has 0 radical (unpaired) electrons. The monoisotopic (exact) mass is 426 g/mol. The molecule has 0 aliphatic carbocycles. The van der Waals surface area contributed by atoms with E-state index in [1.165, 1.54) is 22.9 Å². The van der Waals surface area contributed by atoms with Crippen LogP contribution in [-0.4, -0.2) is 20.0 Å². The van der Waals surface area contributed by atoms with E-state index in [2.05, 4.69) is 10.3 Å². The molecule has 0 spiro atoms. The molecule has 0 bridgehead atoms. The molecule has 0 fully saturated rings. The van der Waals surface area contributed by atoms with Gasteiger partial charge in [-0.3, -0.25) is 9.59 Å². The molecule has 0 saturated heterocycles. The number of nitrogens with one attached hydrogen (secondary N) is 2. The fourth-order valence-corrected chi connectivity index (χ4v) is 3.37. The standard InChI is InChI=1S/C21H16ClFN4O3/c1-26-11-16(19(28)24-10-12-2-6-14(23)7-3-12)17-18(26)20(29)27(21(30)25-17)15-8-4-13(22)5-9-15/h2-9,11H,10H2,1H3,(H,24,28)(H,25,30). The first-order valence-electron chi connectivity index (χ1n) is 8.98. The first-order chi connectivity index (χ1) is 14.3. The number of aryl methyl sites for hydroxylation is 1. The third kappa shape index (κ3) is 3.53. The minimum Gasteiger partial charge on any atom is -0.348 e. The van der Waals surface area contributed by atoms with Gasteiger partial charge in [-0.05, 0) is 42.0 Å². The van der Waals surface area contributed by atoms with Gasteiger partial charge in [0.05, 0.1) is 16.8 Å². The topological polar surface area (TPSA) is 88.9 Å². The molecule has 0 saturated carbocycles. The lowest BCUT2D eigenvalue weighted by atomic mass is 10.2. The lowest BCUT2D eigenvalue weighted by molar-refractivity contribution is 0.0952. The van der Waals surface area contributed by atoms with E-state index in [9.17, 15) is 18.8 Å². The summed E-state index contributed by atoms with van der Waals surface area (Å²) in [6.45, 7) is 0.168. The van der Waals surface area contributed by atoms with Crippen molar-refractivity contribution in [2.45, 2.75) is 6.54 Å². The molecule has 4 aromatic rings. The van der Waals surface area contributed by atoms with E-state index in [1.54, 1.807) is 43.4 Å². The summed E-state index contributed by atoms with van der Waals surface area (Å²) in [5, 5.41) is 3.19. The van der Waals surface area contributed by atoms with Gasteiger partial charge in [0.1, 0.15) is 11.3 Å². The summed E-state index contributed by atoms with van der Waals surface area (Å²) in [6, 6.07) is 12.0. The van der Waals surface area contributed by atoms with Gasteiger partial charge < -0.3 is 14.9 Å². The summed E-state index contributed by atoms with van der Waals surface area (Å²) in [5.41, 5.74) is 0.322. The first-order valence-corrected chi connectivity index (χ1v) is 9.36. The van der Waals surface area contributed by atoms with Crippen LogP contribution in [0.2, 0.25) is 5.02 Å². The second kappa shape index (κ2) is 7.64. The number of rotatable bonds is 4. The van der Waals surface area contributed by atoms with Gasteiger partial charge in [0.15, 0.2) is 0 Å². The average molecular weight is 427 g/mol. The van der Waals surface area contributed by atoms with E-state index in [0.29, 0.717) is 16.3 Å². The van der Waals surface area contributed by atoms with Crippen molar-refractivity contribution in [1.29, 1.82) is 0 Å². The number of hydrogen-bond donors (Lipinski definition) is 2. The summed E-state index contributed by atoms with van der Waals surface area (Å²) >= 11 is 5.88. The Morgan fingerprint density at radius 2 is 1.77 bits per heavy atom. The zero-order chi connectivity index (χ0) is 21.4. The van der Waals surface area contributed by atoms with Gasteiger partial charge in [-0.15, -0.1) is 0 Å². The Labute approximate surface area is 174 Å². The maximum absolute atomic E-state index is 13.0. The molecule has 0 unspecified atom stereocenters. The highest BCUT2D eigenvalue weighted by molar-refractivity contribution is 6.30. The SMILES string of the molecule is Cn1cc(C(=O)NCc2ccc(F)cc2)c2[nH]c(=O)n(-c3ccc(Cl)cc3)c(=O)c21. The van der Waals surface area contributed by atoms with Crippen molar-refractivity contribution in [3.63, 3.8) is 0 Å². The molecule has 152 valence electrons. The molecule has 30 heavy (non-hydrogen) atoms. The van der Waals surface area contributed by atoms with Crippen molar-refractivity contribution in [1.82, 2.24) is 19.4 Å². The highest BCUT2D eigenvalue weighted by atomic mass is 35.5. The molecule has 1 amide bonds. The fourth-order valence-electron chi connectivity index (χ4n) is 3.25. The number of amides is 1. The van der Waals surface area contributed by atoms with E-state index < -0.39 is 17.2 Å². The van der Waals surface area contributed by atoms with Crippen LogP contribution in [-0.2, 0) is 13.6 Å². The number of carbonyl (C=O) groups excluding carboxylic acids is 1. The molecule has 0 atom stereocenters. The molecule has 2 aromatic heterocycles. The van der Waals surface area contributed by atoms with Gasteiger partial charge in [0.2, 0.25) is 0 Å². The molecule has 2 N–H and O–H groups in total. The van der Waals surface area contributed by atoms with E-state index in [1.807, 2.05) is 0 Å². The van der Waals surface area contributed by atoms with Crippen molar-refractivity contribution in [2.75, 3.05) is 0 Å². The molecular weight excluding hydrogens is 411 g/mol. The molecule has 0 aliphatic heterocycles. The van der Waals surface area contributed by atoms with Gasteiger partial charge in [-0.1, -0.05) is 23.7 Å². The van der Waals surface area contributed by atoms with E-state index in [4.69, 9.17) is 11.6 Å². The smallest absolute Gasteiger partial charge is 0.333 e. The number of aromatic nitrogens is 3. The first kappa shape index (κ1) is 19.7. The highest BCUT2D eigenvalue weighted by Gasteiger charge is 2.20. The minimum absolute atomic E-state index is 0.148. The molecule has 0 aliphatic rings. The van der Waals surface area contributed by atoms with Crippen LogP contribution in [0.3, 0.4) is 0 Å². The Hall–Kier alpha value is -3.65. The predicted octanol–water partition coefficient (Wildman–Crippen LogP) is 2.74. The fraction of sp³-hybridized carbons (Fsp3) is 0.0952. The lowest BCUT2D eigenvalue weighted by Crippen LogP contribution is -2.34. The number of halogens is 2. The van der Waals surface area contributed by atoms with Crippen molar-refractivity contribution in [3.05, 3.63) is 97.5 Å². The second-order valence-electron chi connectivity index (χ2n) is 6.73. The third-order valence-electron chi connectivity index (χ3n) is 4.72. The number of benzene rings is 2. The number of carbonyl (C=O) groups is 1. The Morgan fingerprint density at radius 3 is 2.43 bits per heavy atom. The van der Waals surface area contributed by atoms with Crippen LogP contribution in [0.4, 0.5) is 4.39 Å². The Morgan fingerprint density at radius 1 is 1.10 bits per heavy atom. The molecule has 2 heterocycles. The van der Waals surface area contributed by atoms with Crippen LogP contribution in [0.5, 0.6) is 0 Å². The number of nitrogens with zero attached hydrogens (tertiary/aromatic N) is 2. The zero-order valence-electron chi connectivity index (χ0n) is 15.8. The van der Waals surface area contributed by atoms with Crippen molar-refractivity contribution >= 4 is 28.5 Å². The second-order valence-corrected chi connectivity index (χ2v) is 7.17. The van der Waals surface area contributed by atoms with Gasteiger partial charge in [0.25, 0.3) is 11.5 Å². The number of H-pyrrole nitrogens is 1. The Kier molecular flexibility index (Phi) is 5.01. The summed E-state index contributed by atoms with van der Waals surface area (Å²) in [7, 11) is 1.62. The third-order valence-corrected chi connectivity index (χ3v) is 4.97. The van der Waals surface area contributed by atoms with E-state index >= 15 is 0 Å². The van der Waals surface area contributed by atoms with Gasteiger partial charge in [0, 0.05) is 24.8 Å². The van der Waals surface area contributed by atoms with Crippen molar-refractivity contribution in [3.8, 4) is 5.69 Å². The normalized spacial score (nSPS) is 11.0. The van der Waals surface area contributed by atoms with Gasteiger partial charge in [-0.25, -0.2) is 13.8 Å². The summed E-state index contributed by atoms with van der Waals surface area (Å²) in [4.78, 5) is 41.0. The quantitative estimate of drug-likeness (QED) is 0.526. The van der Waals surface area contributed by atoms with Crippen LogP contribution in [0.15, 0.2) is 64.3 Å². The largest absolute Gasteiger partial charge is 0.348 e. The van der Waals surface area contributed by atoms with Crippen molar-refractivity contribution < 1.29 is 9.18 Å². The molecular formula is C21H16ClFN4O3. The summed E-state index contributed by atoms with van der Waals surface area (Å²) < 4.78 is 15.5. The van der Waals surface area contributed by atoms with Crippen LogP contribution in [0, 0.1) is 5.82 Å². The average Bonchev–Trinajstić information content (AvgIpc) is 3.05. The lowest BCUT2D eigenvalue weighted by Gasteiger charge is -2.07. The van der Waals surface area contributed by atoms with Crippen LogP contribution in [0.25, 0.3) is 16.7 Å². The maximum atomic E-state index is 13.0. The van der Waals surface area contributed by atoms with Gasteiger partial charge >= 0.3 is 5.69 Å². The van der Waals surface area contributed by atoms with E-state index in [-0.39, 0.29) is 29.0 Å². The number of hydrogen-bond acceptors (Lipinski definition) is 3. The molecule has 2 aromatic carbocycles. The molecule has 9 heteroatoms. The number of aromatic amines is 1. The van der Waals surface area contributed by atoms with Crippen LogP contribution < -0.4 is 16.6 Å². The van der Waals surface area contributed by atoms with E-state index in [0.717, 1.165) is 4.57 Å². The zero-order valence-corrected chi connectivity index (χ0v) is 16.5. The van der Waals surface area contributed by atoms with Crippen LogP contribution >= 0.6 is 11.6 Å². The van der Waals surface area contributed by atoms with Crippen molar-refractivity contribution in [2.24, 2.45) is 7.05 Å². The Balaban J connectivity index is 1.73. The summed E-state index contributed by atoms with van der Waals surface area (Å²) in [6.07, 6.45) is 1.48. The molecule has 4 rings (SSSR count).